The number of methoxy groups -OCH3 is 1. The highest BCUT2D eigenvalue weighted by atomic mass is 32.1. The fourth-order valence-corrected chi connectivity index (χ4v) is 2.25. The fourth-order valence-electron chi connectivity index (χ4n) is 1.37. The predicted molar refractivity (Wildman–Crippen MR) is 70.3 cm³/mol. The van der Waals surface area contributed by atoms with Crippen LogP contribution in [0, 0.1) is 6.92 Å². The van der Waals surface area contributed by atoms with Crippen molar-refractivity contribution in [1.29, 1.82) is 0 Å². The number of hydrogen-bond acceptors (Lipinski definition) is 4. The lowest BCUT2D eigenvalue weighted by Crippen LogP contribution is -2.29. The van der Waals surface area contributed by atoms with Gasteiger partial charge in [-0.1, -0.05) is 0 Å². The Balaban J connectivity index is 2.04. The van der Waals surface area contributed by atoms with Gasteiger partial charge >= 0.3 is 0 Å². The third-order valence-corrected chi connectivity index (χ3v) is 3.43. The largest absolute Gasteiger partial charge is 0.383 e. The van der Waals surface area contributed by atoms with Crippen LogP contribution in [0.5, 0.6) is 0 Å². The summed E-state index contributed by atoms with van der Waals surface area (Å²) < 4.78 is 4.85. The van der Waals surface area contributed by atoms with Crippen molar-refractivity contribution >= 4 is 17.2 Å². The summed E-state index contributed by atoms with van der Waals surface area (Å²) in [5.41, 5.74) is 1.31. The van der Waals surface area contributed by atoms with Crippen LogP contribution in [0.4, 0.5) is 0 Å². The predicted octanol–water partition coefficient (Wildman–Crippen LogP) is 1.30. The minimum Gasteiger partial charge on any atom is -0.383 e. The van der Waals surface area contributed by atoms with Gasteiger partial charge in [0.2, 0.25) is 5.91 Å². The quantitative estimate of drug-likeness (QED) is 0.689. The SMILES string of the molecule is COCCNC(=O)CCNCc1sccc1C. The molecule has 1 rings (SSSR count). The van der Waals surface area contributed by atoms with Gasteiger partial charge in [0, 0.05) is 38.0 Å². The lowest BCUT2D eigenvalue weighted by atomic mass is 10.3. The third-order valence-electron chi connectivity index (χ3n) is 2.41. The fraction of sp³-hybridized carbons (Fsp3) is 0.583. The van der Waals surface area contributed by atoms with E-state index in [9.17, 15) is 4.79 Å². The Hall–Kier alpha value is -0.910. The van der Waals surface area contributed by atoms with E-state index in [0.29, 0.717) is 26.1 Å². The molecule has 0 saturated heterocycles. The second-order valence-corrected chi connectivity index (χ2v) is 4.80. The molecule has 1 heterocycles. The molecule has 5 heteroatoms. The van der Waals surface area contributed by atoms with E-state index in [-0.39, 0.29) is 5.91 Å². The van der Waals surface area contributed by atoms with E-state index in [1.165, 1.54) is 10.4 Å². The summed E-state index contributed by atoms with van der Waals surface area (Å²) in [7, 11) is 1.62. The van der Waals surface area contributed by atoms with E-state index in [4.69, 9.17) is 4.74 Å². The van der Waals surface area contributed by atoms with Gasteiger partial charge in [0.15, 0.2) is 0 Å². The number of carbonyl (C=O) groups excluding carboxylic acids is 1. The first-order valence-electron chi connectivity index (χ1n) is 5.73. The first kappa shape index (κ1) is 14.2. The summed E-state index contributed by atoms with van der Waals surface area (Å²) in [6.45, 7) is 4.79. The molecule has 0 aliphatic rings. The number of carbonyl (C=O) groups is 1. The normalized spacial score (nSPS) is 10.5. The van der Waals surface area contributed by atoms with Crippen molar-refractivity contribution in [1.82, 2.24) is 10.6 Å². The monoisotopic (exact) mass is 256 g/mol. The lowest BCUT2D eigenvalue weighted by Gasteiger charge is -2.05. The topological polar surface area (TPSA) is 50.4 Å². The number of thiophene rings is 1. The molecule has 0 aromatic carbocycles. The van der Waals surface area contributed by atoms with E-state index in [1.54, 1.807) is 18.4 Å². The first-order chi connectivity index (χ1) is 8.24. The van der Waals surface area contributed by atoms with Crippen LogP contribution in [0.15, 0.2) is 11.4 Å². The summed E-state index contributed by atoms with van der Waals surface area (Å²) in [5, 5.41) is 8.14. The van der Waals surface area contributed by atoms with Gasteiger partial charge in [-0.05, 0) is 23.9 Å². The Bertz CT molecular complexity index is 339. The molecule has 0 unspecified atom stereocenters. The maximum atomic E-state index is 11.3. The molecule has 0 fully saturated rings. The summed E-state index contributed by atoms with van der Waals surface area (Å²) in [4.78, 5) is 12.7. The summed E-state index contributed by atoms with van der Waals surface area (Å²) in [6.07, 6.45) is 0.508. The number of amides is 1. The lowest BCUT2D eigenvalue weighted by molar-refractivity contribution is -0.121. The molecule has 2 N–H and O–H groups in total. The zero-order valence-corrected chi connectivity index (χ0v) is 11.2. The molecule has 96 valence electrons. The second kappa shape index (κ2) is 8.22. The molecule has 1 amide bonds. The Morgan fingerprint density at radius 3 is 2.94 bits per heavy atom. The molecule has 1 aromatic heterocycles. The van der Waals surface area contributed by atoms with Crippen LogP contribution in [-0.2, 0) is 16.1 Å². The Morgan fingerprint density at radius 1 is 1.47 bits per heavy atom. The van der Waals surface area contributed by atoms with E-state index < -0.39 is 0 Å². The van der Waals surface area contributed by atoms with Gasteiger partial charge in [0.05, 0.1) is 6.61 Å². The van der Waals surface area contributed by atoms with Crippen LogP contribution in [0.25, 0.3) is 0 Å². The molecule has 0 saturated carbocycles. The van der Waals surface area contributed by atoms with E-state index in [0.717, 1.165) is 6.54 Å². The Labute approximate surface area is 106 Å². The zero-order valence-electron chi connectivity index (χ0n) is 10.4. The average molecular weight is 256 g/mol. The average Bonchev–Trinajstić information content (AvgIpc) is 2.71. The summed E-state index contributed by atoms with van der Waals surface area (Å²) >= 11 is 1.75. The van der Waals surface area contributed by atoms with E-state index in [1.807, 2.05) is 0 Å². The van der Waals surface area contributed by atoms with Crippen LogP contribution in [0.3, 0.4) is 0 Å². The Kier molecular flexibility index (Phi) is 6.84. The van der Waals surface area contributed by atoms with Crippen LogP contribution in [0.2, 0.25) is 0 Å². The standard InChI is InChI=1S/C12H20N2O2S/c1-10-4-8-17-11(10)9-13-5-3-12(15)14-6-7-16-2/h4,8,13H,3,5-7,9H2,1-2H3,(H,14,15). The van der Waals surface area contributed by atoms with Gasteiger partial charge in [0.25, 0.3) is 0 Å². The van der Waals surface area contributed by atoms with Crippen molar-refractivity contribution in [3.05, 3.63) is 21.9 Å². The molecule has 1 aromatic rings. The number of hydrogen-bond donors (Lipinski definition) is 2. The Morgan fingerprint density at radius 2 is 2.29 bits per heavy atom. The highest BCUT2D eigenvalue weighted by molar-refractivity contribution is 7.10. The van der Waals surface area contributed by atoms with E-state index in [2.05, 4.69) is 29.0 Å². The molecule has 0 radical (unpaired) electrons. The number of aryl methyl sites for hydroxylation is 1. The van der Waals surface area contributed by atoms with Crippen LogP contribution in [0.1, 0.15) is 16.9 Å². The molecule has 17 heavy (non-hydrogen) atoms. The van der Waals surface area contributed by atoms with Crippen LogP contribution < -0.4 is 10.6 Å². The van der Waals surface area contributed by atoms with Gasteiger partial charge in [0.1, 0.15) is 0 Å². The number of rotatable bonds is 8. The zero-order chi connectivity index (χ0) is 12.5. The molecule has 0 atom stereocenters. The van der Waals surface area contributed by atoms with Crippen LogP contribution in [-0.4, -0.2) is 32.7 Å². The van der Waals surface area contributed by atoms with Gasteiger partial charge in [-0.25, -0.2) is 0 Å². The van der Waals surface area contributed by atoms with E-state index >= 15 is 0 Å². The highest BCUT2D eigenvalue weighted by Gasteiger charge is 2.01. The minimum absolute atomic E-state index is 0.0671. The molecular formula is C12H20N2O2S. The summed E-state index contributed by atoms with van der Waals surface area (Å²) in [5.74, 6) is 0.0671. The van der Waals surface area contributed by atoms with Crippen LogP contribution >= 0.6 is 11.3 Å². The number of ether oxygens (including phenoxy) is 1. The van der Waals surface area contributed by atoms with Crippen molar-refractivity contribution in [2.24, 2.45) is 0 Å². The molecule has 4 nitrogen and oxygen atoms in total. The summed E-state index contributed by atoms with van der Waals surface area (Å²) in [6, 6.07) is 2.11. The van der Waals surface area contributed by atoms with Crippen molar-refractivity contribution in [3.63, 3.8) is 0 Å². The maximum absolute atomic E-state index is 11.3. The maximum Gasteiger partial charge on any atom is 0.221 e. The van der Waals surface area contributed by atoms with Gasteiger partial charge in [-0.2, -0.15) is 0 Å². The van der Waals surface area contributed by atoms with Gasteiger partial charge in [-0.3, -0.25) is 4.79 Å². The van der Waals surface area contributed by atoms with Crippen molar-refractivity contribution in [2.45, 2.75) is 19.9 Å². The smallest absolute Gasteiger partial charge is 0.221 e. The second-order valence-electron chi connectivity index (χ2n) is 3.80. The third kappa shape index (κ3) is 5.81. The molecule has 0 aliphatic carbocycles. The van der Waals surface area contributed by atoms with Gasteiger partial charge in [-0.15, -0.1) is 11.3 Å². The van der Waals surface area contributed by atoms with Crippen molar-refractivity contribution < 1.29 is 9.53 Å². The van der Waals surface area contributed by atoms with Crippen molar-refractivity contribution in [3.8, 4) is 0 Å². The molecule has 0 bridgehead atoms. The first-order valence-corrected chi connectivity index (χ1v) is 6.61. The highest BCUT2D eigenvalue weighted by Crippen LogP contribution is 2.14. The van der Waals surface area contributed by atoms with Crippen molar-refractivity contribution in [2.75, 3.05) is 26.8 Å². The van der Waals surface area contributed by atoms with Gasteiger partial charge < -0.3 is 15.4 Å². The molecule has 0 aliphatic heterocycles. The molecule has 0 spiro atoms. The molecular weight excluding hydrogens is 236 g/mol. The minimum atomic E-state index is 0.0671. The number of nitrogens with one attached hydrogen (secondary N) is 2.